The monoisotopic (exact) mass is 1630 g/mol. The minimum absolute atomic E-state index is 0.233. The molecule has 0 atom stereocenters. The number of carboxylic acids is 1. The Kier molecular flexibility index (Phi) is 29.2. The van der Waals surface area contributed by atoms with Crippen LogP contribution in [0.2, 0.25) is 0 Å². The molecule has 0 aliphatic carbocycles. The molecule has 4 fully saturated rings. The van der Waals surface area contributed by atoms with Crippen molar-refractivity contribution in [1.82, 2.24) is 25.3 Å². The summed E-state index contributed by atoms with van der Waals surface area (Å²) >= 11 is 0. The van der Waals surface area contributed by atoms with Crippen molar-refractivity contribution in [2.24, 2.45) is 0 Å². The van der Waals surface area contributed by atoms with Gasteiger partial charge in [-0.15, -0.1) is 0 Å². The van der Waals surface area contributed by atoms with Crippen LogP contribution in [-0.4, -0.2) is 165 Å². The summed E-state index contributed by atoms with van der Waals surface area (Å²) in [6.07, 6.45) is -14.0. The lowest BCUT2D eigenvalue weighted by Gasteiger charge is -2.36. The highest BCUT2D eigenvalue weighted by atomic mass is 19.4. The molecule has 13 rings (SSSR count). The number of ether oxygens (including phenoxy) is 2. The number of anilines is 9. The van der Waals surface area contributed by atoms with E-state index in [-0.39, 0.29) is 23.3 Å². The molecule has 0 radical (unpaired) electrons. The van der Waals surface area contributed by atoms with Crippen LogP contribution in [0.25, 0.3) is 0 Å². The zero-order chi connectivity index (χ0) is 84.3. The summed E-state index contributed by atoms with van der Waals surface area (Å²) in [6.45, 7) is 22.0. The molecule has 618 valence electrons. The Morgan fingerprint density at radius 2 is 0.647 bits per heavy atom. The van der Waals surface area contributed by atoms with Gasteiger partial charge in [-0.1, -0.05) is 12.1 Å². The quantitative estimate of drug-likeness (QED) is 0.0506. The summed E-state index contributed by atoms with van der Waals surface area (Å²) < 4.78 is 174. The topological polar surface area (TPSA) is 231 Å². The molecule has 4 aromatic heterocycles. The number of pyridine rings is 4. The number of carboxylic acid groups (broad SMARTS) is 1. The van der Waals surface area contributed by atoms with Crippen molar-refractivity contribution < 1.29 is 90.8 Å². The lowest BCUT2D eigenvalue weighted by atomic mass is 10.1. The molecule has 0 unspecified atom stereocenters. The number of hydrogen-bond donors (Lipinski definition) is 4. The van der Waals surface area contributed by atoms with Gasteiger partial charge in [0.25, 0.3) is 5.91 Å². The molecule has 34 heteroatoms. The van der Waals surface area contributed by atoms with Crippen LogP contribution < -0.4 is 50.7 Å². The predicted octanol–water partition coefficient (Wildman–Crippen LogP) is 16.1. The van der Waals surface area contributed by atoms with E-state index in [1.807, 2.05) is 64.6 Å². The van der Waals surface area contributed by atoms with Gasteiger partial charge in [0.05, 0.1) is 50.3 Å². The number of aromatic nitrogens is 4. The molecular formula is C82H87F13N14O7. The van der Waals surface area contributed by atoms with Crippen molar-refractivity contribution in [1.29, 1.82) is 0 Å². The number of nitrogen functional groups attached to an aromatic ring is 1. The van der Waals surface area contributed by atoms with Crippen molar-refractivity contribution in [3.63, 3.8) is 0 Å². The molecule has 9 aromatic rings. The van der Waals surface area contributed by atoms with E-state index < -0.39 is 70.1 Å². The SMILES string of the molecule is CC(C)(C)OC(=O)c1ccc(F)cc1.CC(C)(C)OC(=O)c1ccc(N2CCN(c3ccc(C(F)(F)F)cn3)CC2)cc1.FC(F)(F)c1ccc(N2CCNCC2)nc1.Nc1ccccc1NC(=O)c1ccc(N2CCN(c3ccc(C(F)(F)F)cn3)CC2)cc1.O=C(O)c1ccc(N2CCN(c3ccc(C(F)(F)F)cn3)CC2)cc1. The highest BCUT2D eigenvalue weighted by Crippen LogP contribution is 2.35. The van der Waals surface area contributed by atoms with Gasteiger partial charge in [-0.05, 0) is 199 Å². The summed E-state index contributed by atoms with van der Waals surface area (Å²) in [5.41, 5.74) is 7.40. The minimum atomic E-state index is -4.39. The number of alkyl halides is 12. The summed E-state index contributed by atoms with van der Waals surface area (Å²) in [4.78, 5) is 76.9. The van der Waals surface area contributed by atoms with Crippen LogP contribution in [0, 0.1) is 5.82 Å². The van der Waals surface area contributed by atoms with Crippen molar-refractivity contribution in [2.45, 2.75) is 77.4 Å². The second kappa shape index (κ2) is 38.4. The maximum atomic E-state index is 12.7. The van der Waals surface area contributed by atoms with Crippen LogP contribution in [0.5, 0.6) is 0 Å². The number of aromatic carboxylic acids is 1. The first-order valence-electron chi connectivity index (χ1n) is 36.6. The molecule has 4 saturated heterocycles. The highest BCUT2D eigenvalue weighted by molar-refractivity contribution is 6.06. The standard InChI is InChI=1S/C23H22F3N5O.C21H24F3N3O2.C17H16F3N3O2.C11H13FO2.C10H12F3N3/c24-23(25,26)17-7-10-21(28-15-17)31-13-11-30(12-14-31)18-8-5-16(6-9-18)22(32)29-20-4-2-1-3-19(20)27;1-20(2,3)29-19(28)15-4-7-17(8-5-15)26-10-12-27(13-11-26)18-9-6-16(14-25-18)21(22,23)24;18-17(19,20)13-3-6-15(21-11-13)23-9-7-22(8-10-23)14-4-1-12(2-5-14)16(24)25;1-11(2,3)14-10(13)8-4-6-9(12)7-5-8;11-10(12,13)8-1-2-9(15-7-8)16-5-3-14-4-6-16/h1-10,15H,11-14,27H2,(H,29,32);4-9,14H,10-13H2,1-3H3;1-6,11H,7-10H2,(H,24,25);4-7H,1-3H3;1-2,7,14H,3-6H2. The third-order valence-electron chi connectivity index (χ3n) is 18.1. The van der Waals surface area contributed by atoms with Crippen LogP contribution >= 0.6 is 0 Å². The van der Waals surface area contributed by atoms with Crippen molar-refractivity contribution in [3.8, 4) is 0 Å². The first-order chi connectivity index (χ1) is 54.6. The fourth-order valence-corrected chi connectivity index (χ4v) is 12.0. The number of carbonyl (C=O) groups excluding carboxylic acids is 3. The fraction of sp³-hybridized carbons (Fsp3) is 0.341. The number of nitrogens with two attached hydrogens (primary N) is 1. The number of piperazine rings is 4. The lowest BCUT2D eigenvalue weighted by molar-refractivity contribution is -0.138. The number of esters is 2. The number of nitrogens with one attached hydrogen (secondary N) is 2. The van der Waals surface area contributed by atoms with Crippen LogP contribution in [0.15, 0.2) is 195 Å². The van der Waals surface area contributed by atoms with Gasteiger partial charge in [0, 0.05) is 152 Å². The summed E-state index contributed by atoms with van der Waals surface area (Å²) in [5.74, 6) is -0.166. The molecule has 0 spiro atoms. The van der Waals surface area contributed by atoms with E-state index in [0.717, 1.165) is 92.3 Å². The fourth-order valence-electron chi connectivity index (χ4n) is 12.0. The van der Waals surface area contributed by atoms with E-state index in [1.165, 1.54) is 48.5 Å². The van der Waals surface area contributed by atoms with Crippen molar-refractivity contribution >= 4 is 75.5 Å². The van der Waals surface area contributed by atoms with Gasteiger partial charge in [0.2, 0.25) is 0 Å². The van der Waals surface area contributed by atoms with Gasteiger partial charge in [0.15, 0.2) is 0 Å². The number of para-hydroxylation sites is 2. The molecule has 4 aliphatic rings. The second-order valence-corrected chi connectivity index (χ2v) is 28.8. The smallest absolute Gasteiger partial charge is 0.417 e. The number of benzene rings is 5. The lowest BCUT2D eigenvalue weighted by Crippen LogP contribution is -2.46. The number of carbonyl (C=O) groups is 4. The first-order valence-corrected chi connectivity index (χ1v) is 36.6. The van der Waals surface area contributed by atoms with Crippen LogP contribution in [0.3, 0.4) is 0 Å². The van der Waals surface area contributed by atoms with Gasteiger partial charge in [0.1, 0.15) is 40.3 Å². The van der Waals surface area contributed by atoms with Gasteiger partial charge in [-0.2, -0.15) is 52.7 Å². The van der Waals surface area contributed by atoms with E-state index >= 15 is 0 Å². The maximum Gasteiger partial charge on any atom is 0.417 e. The Bertz CT molecular complexity index is 4640. The molecule has 0 bridgehead atoms. The number of nitrogens with zero attached hydrogens (tertiary/aromatic N) is 11. The van der Waals surface area contributed by atoms with Crippen LogP contribution in [-0.2, 0) is 34.2 Å². The van der Waals surface area contributed by atoms with Crippen molar-refractivity contribution in [3.05, 3.63) is 245 Å². The highest BCUT2D eigenvalue weighted by Gasteiger charge is 2.35. The van der Waals surface area contributed by atoms with Crippen LogP contribution in [0.4, 0.5) is 109 Å². The van der Waals surface area contributed by atoms with Crippen molar-refractivity contribution in [2.75, 3.05) is 150 Å². The molecular weight excluding hydrogens is 1540 g/mol. The Labute approximate surface area is 661 Å². The normalized spacial score (nSPS) is 14.9. The minimum Gasteiger partial charge on any atom is -0.478 e. The molecule has 116 heavy (non-hydrogen) atoms. The molecule has 4 aliphatic heterocycles. The van der Waals surface area contributed by atoms with Gasteiger partial charge in [-0.25, -0.2) is 38.7 Å². The molecule has 5 N–H and O–H groups in total. The molecule has 1 amide bonds. The molecule has 8 heterocycles. The third-order valence-corrected chi connectivity index (χ3v) is 18.1. The summed E-state index contributed by atoms with van der Waals surface area (Å²) in [5, 5.41) is 14.9. The van der Waals surface area contributed by atoms with Gasteiger partial charge >= 0.3 is 42.6 Å². The number of rotatable bonds is 12. The average molecular weight is 1630 g/mol. The zero-order valence-electron chi connectivity index (χ0n) is 64.1. The predicted molar refractivity (Wildman–Crippen MR) is 417 cm³/mol. The maximum absolute atomic E-state index is 12.7. The third kappa shape index (κ3) is 26.3. The number of halogens is 13. The van der Waals surface area contributed by atoms with E-state index in [0.29, 0.717) is 130 Å². The van der Waals surface area contributed by atoms with Gasteiger partial charge < -0.3 is 65.2 Å². The summed E-state index contributed by atoms with van der Waals surface area (Å²) in [7, 11) is 0. The largest absolute Gasteiger partial charge is 0.478 e. The number of amides is 1. The van der Waals surface area contributed by atoms with E-state index in [4.69, 9.17) is 20.3 Å². The van der Waals surface area contributed by atoms with E-state index in [2.05, 4.69) is 45.3 Å². The summed E-state index contributed by atoms with van der Waals surface area (Å²) in [6, 6.07) is 43.4. The van der Waals surface area contributed by atoms with Crippen LogP contribution in [0.1, 0.15) is 105 Å². The molecule has 21 nitrogen and oxygen atoms in total. The Balaban J connectivity index is 0.000000171. The average Bonchev–Trinajstić information content (AvgIpc) is 0.890. The van der Waals surface area contributed by atoms with E-state index in [1.54, 1.807) is 93.6 Å². The zero-order valence-corrected chi connectivity index (χ0v) is 64.1. The Morgan fingerprint density at radius 3 is 0.922 bits per heavy atom. The second-order valence-electron chi connectivity index (χ2n) is 28.8. The Hall–Kier alpha value is -12.0. The molecule has 0 saturated carbocycles. The van der Waals surface area contributed by atoms with E-state index in [9.17, 15) is 76.3 Å². The number of hydrogen-bond acceptors (Lipinski definition) is 19. The van der Waals surface area contributed by atoms with Gasteiger partial charge in [-0.3, -0.25) is 4.79 Å². The Morgan fingerprint density at radius 1 is 0.371 bits per heavy atom. The first kappa shape index (κ1) is 88.0. The molecule has 5 aromatic carbocycles.